The van der Waals surface area contributed by atoms with Gasteiger partial charge in [0.2, 0.25) is 0 Å². The molecule has 3 aromatic rings. The molecule has 1 aromatic carbocycles. The monoisotopic (exact) mass is 467 g/mol. The minimum absolute atomic E-state index is 0. The number of carbonyl (C=O) groups is 1. The zero-order chi connectivity index (χ0) is 19.8. The van der Waals surface area contributed by atoms with Crippen molar-refractivity contribution < 1.29 is 9.18 Å². The Kier molecular flexibility index (Phi) is 7.30. The highest BCUT2D eigenvalue weighted by molar-refractivity contribution is 5.93. The van der Waals surface area contributed by atoms with E-state index in [2.05, 4.69) is 25.1 Å². The van der Waals surface area contributed by atoms with Crippen LogP contribution in [0.1, 0.15) is 40.9 Å². The first-order valence-corrected chi connectivity index (χ1v) is 9.91. The van der Waals surface area contributed by atoms with Gasteiger partial charge in [0, 0.05) is 37.8 Å². The number of imidazole rings is 1. The lowest BCUT2D eigenvalue weighted by molar-refractivity contribution is 0.0702. The molecular weight excluding hydrogens is 444 g/mol. The zero-order valence-corrected chi connectivity index (χ0v) is 18.4. The molecule has 5 rings (SSSR count). The quantitative estimate of drug-likeness (QED) is 0.639. The fourth-order valence-corrected chi connectivity index (χ4v) is 4.18. The number of hydrogen-bond donors (Lipinski definition) is 1. The van der Waals surface area contributed by atoms with Crippen LogP contribution in [-0.4, -0.2) is 54.8 Å². The second-order valence-electron chi connectivity index (χ2n) is 7.49. The average Bonchev–Trinajstić information content (AvgIpc) is 3.41. The summed E-state index contributed by atoms with van der Waals surface area (Å²) >= 11 is 0. The largest absolute Gasteiger partial charge is 0.337 e. The number of hydrogen-bond acceptors (Lipinski definition) is 5. The van der Waals surface area contributed by atoms with Crippen molar-refractivity contribution in [1.29, 1.82) is 0 Å². The van der Waals surface area contributed by atoms with Gasteiger partial charge in [0.1, 0.15) is 23.2 Å². The van der Waals surface area contributed by atoms with Gasteiger partial charge in [-0.15, -0.1) is 35.0 Å². The molecule has 31 heavy (non-hydrogen) atoms. The summed E-state index contributed by atoms with van der Waals surface area (Å²) in [5, 5.41) is 12.0. The number of carbonyl (C=O) groups excluding carboxylic acids is 1. The van der Waals surface area contributed by atoms with Crippen LogP contribution in [-0.2, 0) is 13.1 Å². The Morgan fingerprint density at radius 3 is 2.55 bits per heavy atom. The fraction of sp³-hybridized carbons (Fsp3) is 0.400. The SMILES string of the molecule is Cl.Cl.O=C(c1cncn1-c1ccc(F)cc1)N1CCC(c2nnc3n2CCNC3)CC1. The molecule has 2 aliphatic rings. The molecule has 0 spiro atoms. The van der Waals surface area contributed by atoms with Crippen molar-refractivity contribution in [2.45, 2.75) is 31.8 Å². The van der Waals surface area contributed by atoms with Crippen molar-refractivity contribution >= 4 is 30.7 Å². The third-order valence-corrected chi connectivity index (χ3v) is 5.76. The number of likely N-dealkylation sites (tertiary alicyclic amines) is 1. The van der Waals surface area contributed by atoms with E-state index in [-0.39, 0.29) is 36.5 Å². The lowest BCUT2D eigenvalue weighted by Crippen LogP contribution is -2.39. The number of fused-ring (bicyclic) bond motifs is 1. The Hall–Kier alpha value is -2.49. The summed E-state index contributed by atoms with van der Waals surface area (Å²) in [6.07, 6.45) is 4.88. The molecular formula is C20H24Cl2FN7O. The highest BCUT2D eigenvalue weighted by Crippen LogP contribution is 2.28. The predicted molar refractivity (Wildman–Crippen MR) is 118 cm³/mol. The van der Waals surface area contributed by atoms with Crippen molar-refractivity contribution in [2.24, 2.45) is 0 Å². The maximum atomic E-state index is 13.2. The first kappa shape index (κ1) is 23.2. The van der Waals surface area contributed by atoms with E-state index in [0.29, 0.717) is 30.4 Å². The van der Waals surface area contributed by atoms with Gasteiger partial charge in [-0.3, -0.25) is 9.36 Å². The van der Waals surface area contributed by atoms with E-state index in [9.17, 15) is 9.18 Å². The van der Waals surface area contributed by atoms with Gasteiger partial charge in [-0.25, -0.2) is 9.37 Å². The van der Waals surface area contributed by atoms with Crippen molar-refractivity contribution in [2.75, 3.05) is 19.6 Å². The molecule has 0 radical (unpaired) electrons. The maximum absolute atomic E-state index is 13.2. The van der Waals surface area contributed by atoms with Crippen LogP contribution in [0.5, 0.6) is 0 Å². The molecule has 1 amide bonds. The molecule has 11 heteroatoms. The maximum Gasteiger partial charge on any atom is 0.272 e. The summed E-state index contributed by atoms with van der Waals surface area (Å²) in [5.74, 6) is 1.99. The lowest BCUT2D eigenvalue weighted by atomic mass is 9.95. The van der Waals surface area contributed by atoms with Crippen LogP contribution in [0, 0.1) is 5.82 Å². The number of nitrogens with one attached hydrogen (secondary N) is 1. The summed E-state index contributed by atoms with van der Waals surface area (Å²) in [6, 6.07) is 6.04. The minimum atomic E-state index is -0.310. The third kappa shape index (κ3) is 4.44. The Balaban J connectivity index is 0.00000136. The molecule has 0 atom stereocenters. The second-order valence-corrected chi connectivity index (χ2v) is 7.49. The van der Waals surface area contributed by atoms with E-state index in [0.717, 1.165) is 44.1 Å². The summed E-state index contributed by atoms with van der Waals surface area (Å²) in [5.41, 5.74) is 1.20. The Morgan fingerprint density at radius 1 is 1.06 bits per heavy atom. The Labute approximate surface area is 191 Å². The van der Waals surface area contributed by atoms with E-state index in [1.807, 2.05) is 4.90 Å². The molecule has 1 fully saturated rings. The predicted octanol–water partition coefficient (Wildman–Crippen LogP) is 2.57. The first-order valence-electron chi connectivity index (χ1n) is 9.91. The molecule has 0 aliphatic carbocycles. The van der Waals surface area contributed by atoms with E-state index < -0.39 is 0 Å². The first-order chi connectivity index (χ1) is 14.2. The number of aromatic nitrogens is 5. The van der Waals surface area contributed by atoms with Gasteiger partial charge < -0.3 is 14.8 Å². The van der Waals surface area contributed by atoms with Gasteiger partial charge in [0.05, 0.1) is 19.1 Å². The Bertz CT molecular complexity index is 1030. The molecule has 0 bridgehead atoms. The van der Waals surface area contributed by atoms with Crippen LogP contribution in [0.15, 0.2) is 36.8 Å². The molecule has 2 aromatic heterocycles. The summed E-state index contributed by atoms with van der Waals surface area (Å²) in [6.45, 7) is 3.92. The van der Waals surface area contributed by atoms with Gasteiger partial charge in [-0.05, 0) is 37.1 Å². The highest BCUT2D eigenvalue weighted by Gasteiger charge is 2.30. The van der Waals surface area contributed by atoms with Crippen LogP contribution in [0.4, 0.5) is 4.39 Å². The van der Waals surface area contributed by atoms with Crippen molar-refractivity contribution in [3.63, 3.8) is 0 Å². The van der Waals surface area contributed by atoms with E-state index in [1.54, 1.807) is 29.2 Å². The molecule has 1 N–H and O–H groups in total. The molecule has 1 saturated heterocycles. The molecule has 4 heterocycles. The van der Waals surface area contributed by atoms with E-state index in [1.165, 1.54) is 12.1 Å². The van der Waals surface area contributed by atoms with Crippen LogP contribution < -0.4 is 5.32 Å². The smallest absolute Gasteiger partial charge is 0.272 e. The van der Waals surface area contributed by atoms with Gasteiger partial charge in [-0.1, -0.05) is 0 Å². The van der Waals surface area contributed by atoms with Gasteiger partial charge in [0.15, 0.2) is 0 Å². The number of rotatable bonds is 3. The van der Waals surface area contributed by atoms with Gasteiger partial charge >= 0.3 is 0 Å². The lowest BCUT2D eigenvalue weighted by Gasteiger charge is -2.32. The van der Waals surface area contributed by atoms with Crippen molar-refractivity contribution in [1.82, 2.24) is 34.5 Å². The van der Waals surface area contributed by atoms with Gasteiger partial charge in [-0.2, -0.15) is 0 Å². The van der Waals surface area contributed by atoms with E-state index in [4.69, 9.17) is 0 Å². The van der Waals surface area contributed by atoms with Crippen molar-refractivity contribution in [3.05, 3.63) is 59.9 Å². The van der Waals surface area contributed by atoms with Crippen LogP contribution in [0.2, 0.25) is 0 Å². The minimum Gasteiger partial charge on any atom is -0.337 e. The Morgan fingerprint density at radius 2 is 1.81 bits per heavy atom. The molecule has 166 valence electrons. The number of amides is 1. The standard InChI is InChI=1S/C20H22FN7O.2ClH/c21-15-1-3-16(4-2-15)28-13-23-11-17(28)20(29)26-8-5-14(6-9-26)19-25-24-18-12-22-7-10-27(18)19;;/h1-4,11,13-14,22H,5-10,12H2;2*1H. The third-order valence-electron chi connectivity index (χ3n) is 5.76. The normalized spacial score (nSPS) is 16.2. The van der Waals surface area contributed by atoms with Crippen LogP contribution >= 0.6 is 24.8 Å². The number of benzene rings is 1. The summed E-state index contributed by atoms with van der Waals surface area (Å²) in [4.78, 5) is 19.1. The summed E-state index contributed by atoms with van der Waals surface area (Å²) in [7, 11) is 0. The number of halogens is 3. The molecule has 0 saturated carbocycles. The average molecular weight is 468 g/mol. The number of piperidine rings is 1. The molecule has 0 unspecified atom stereocenters. The topological polar surface area (TPSA) is 80.9 Å². The van der Waals surface area contributed by atoms with E-state index >= 15 is 0 Å². The molecule has 8 nitrogen and oxygen atoms in total. The van der Waals surface area contributed by atoms with Gasteiger partial charge in [0.25, 0.3) is 5.91 Å². The molecule has 2 aliphatic heterocycles. The highest BCUT2D eigenvalue weighted by atomic mass is 35.5. The zero-order valence-electron chi connectivity index (χ0n) is 16.8. The fourth-order valence-electron chi connectivity index (χ4n) is 4.18. The van der Waals surface area contributed by atoms with Crippen molar-refractivity contribution in [3.8, 4) is 5.69 Å². The van der Waals surface area contributed by atoms with Crippen LogP contribution in [0.3, 0.4) is 0 Å². The second kappa shape index (κ2) is 9.76. The number of nitrogens with zero attached hydrogens (tertiary/aromatic N) is 6. The summed E-state index contributed by atoms with van der Waals surface area (Å²) < 4.78 is 17.2. The van der Waals surface area contributed by atoms with Crippen LogP contribution in [0.25, 0.3) is 5.69 Å².